The Hall–Kier alpha value is -3.40. The number of anilines is 1. The number of carbonyl (C=O) groups is 1. The second-order valence-corrected chi connectivity index (χ2v) is 5.14. The molecular formula is C20H16N2O2. The van der Waals surface area contributed by atoms with Gasteiger partial charge in [-0.3, -0.25) is 0 Å². The summed E-state index contributed by atoms with van der Waals surface area (Å²) in [5.74, 6) is -0.494. The lowest BCUT2D eigenvalue weighted by molar-refractivity contribution is 0.0696. The van der Waals surface area contributed by atoms with E-state index >= 15 is 0 Å². The zero-order chi connectivity index (χ0) is 16.8. The number of nitrogens with zero attached hydrogens (tertiary/aromatic N) is 1. The molecule has 2 N–H and O–H groups in total. The number of rotatable bonds is 4. The van der Waals surface area contributed by atoms with Gasteiger partial charge in [0.15, 0.2) is 0 Å². The van der Waals surface area contributed by atoms with Gasteiger partial charge in [0.05, 0.1) is 11.3 Å². The minimum atomic E-state index is -0.985. The van der Waals surface area contributed by atoms with Crippen LogP contribution in [0.25, 0.3) is 0 Å². The summed E-state index contributed by atoms with van der Waals surface area (Å²) in [5, 5.41) is 12.7. The molecule has 118 valence electrons. The van der Waals surface area contributed by atoms with Crippen LogP contribution in [0.2, 0.25) is 0 Å². The van der Waals surface area contributed by atoms with Crippen molar-refractivity contribution in [1.82, 2.24) is 0 Å². The molecule has 0 unspecified atom stereocenters. The highest BCUT2D eigenvalue weighted by atomic mass is 16.4. The topological polar surface area (TPSA) is 61.7 Å². The Bertz CT molecular complexity index is 859. The molecule has 4 nitrogen and oxygen atoms in total. The average Bonchev–Trinajstić information content (AvgIpc) is 2.63. The fourth-order valence-corrected chi connectivity index (χ4v) is 2.32. The van der Waals surface area contributed by atoms with Crippen LogP contribution in [-0.2, 0) is 0 Å². The minimum absolute atomic E-state index is 0.204. The van der Waals surface area contributed by atoms with Crippen molar-refractivity contribution in [3.63, 3.8) is 0 Å². The first-order valence-electron chi connectivity index (χ1n) is 7.52. The number of amidine groups is 1. The van der Waals surface area contributed by atoms with Crippen molar-refractivity contribution in [1.29, 1.82) is 0 Å². The van der Waals surface area contributed by atoms with Gasteiger partial charge >= 0.3 is 5.97 Å². The van der Waals surface area contributed by atoms with E-state index in [9.17, 15) is 9.90 Å². The van der Waals surface area contributed by atoms with E-state index in [4.69, 9.17) is 0 Å². The molecule has 0 spiro atoms. The Morgan fingerprint density at radius 3 is 1.92 bits per heavy atom. The van der Waals surface area contributed by atoms with Crippen molar-refractivity contribution in [3.8, 4) is 0 Å². The first-order chi connectivity index (χ1) is 11.7. The maximum Gasteiger partial charge on any atom is 0.336 e. The molecule has 0 saturated heterocycles. The molecule has 24 heavy (non-hydrogen) atoms. The molecular weight excluding hydrogens is 300 g/mol. The number of nitrogens with one attached hydrogen (secondary N) is 1. The smallest absolute Gasteiger partial charge is 0.336 e. The number of carboxylic acid groups (broad SMARTS) is 1. The number of para-hydroxylation sites is 2. The van der Waals surface area contributed by atoms with E-state index in [2.05, 4.69) is 10.3 Å². The van der Waals surface area contributed by atoms with Crippen LogP contribution in [-0.4, -0.2) is 16.9 Å². The van der Waals surface area contributed by atoms with Crippen LogP contribution >= 0.6 is 0 Å². The van der Waals surface area contributed by atoms with Gasteiger partial charge in [-0.2, -0.15) is 0 Å². The summed E-state index contributed by atoms with van der Waals surface area (Å²) in [6.07, 6.45) is 0. The molecule has 3 aromatic carbocycles. The molecule has 0 aliphatic heterocycles. The van der Waals surface area contributed by atoms with Gasteiger partial charge in [0, 0.05) is 11.3 Å². The number of hydrogen-bond acceptors (Lipinski definition) is 2. The van der Waals surface area contributed by atoms with E-state index in [1.165, 1.54) is 0 Å². The maximum absolute atomic E-state index is 11.5. The predicted molar refractivity (Wildman–Crippen MR) is 96.1 cm³/mol. The molecule has 3 rings (SSSR count). The third-order valence-electron chi connectivity index (χ3n) is 3.45. The summed E-state index contributed by atoms with van der Waals surface area (Å²) in [6, 6.07) is 25.8. The fourth-order valence-electron chi connectivity index (χ4n) is 2.32. The van der Waals surface area contributed by atoms with Crippen LogP contribution in [0.1, 0.15) is 15.9 Å². The highest BCUT2D eigenvalue weighted by Crippen LogP contribution is 2.18. The highest BCUT2D eigenvalue weighted by Gasteiger charge is 2.14. The van der Waals surface area contributed by atoms with Crippen LogP contribution < -0.4 is 5.32 Å². The zero-order valence-electron chi connectivity index (χ0n) is 12.9. The molecule has 0 bridgehead atoms. The van der Waals surface area contributed by atoms with E-state index in [-0.39, 0.29) is 5.56 Å². The van der Waals surface area contributed by atoms with Crippen molar-refractivity contribution in [3.05, 3.63) is 96.1 Å². The standard InChI is InChI=1S/C20H16N2O2/c23-20(24)18-14-8-7-13-17(18)19(21-15-9-3-1-4-10-15)22-16-11-5-2-6-12-16/h1-14H,(H,21,22)(H,23,24). The number of aliphatic imine (C=N–C) groups is 1. The second-order valence-electron chi connectivity index (χ2n) is 5.14. The van der Waals surface area contributed by atoms with Gasteiger partial charge in [0.25, 0.3) is 0 Å². The molecule has 4 heteroatoms. The van der Waals surface area contributed by atoms with Crippen LogP contribution in [0.15, 0.2) is 89.9 Å². The van der Waals surface area contributed by atoms with E-state index in [0.29, 0.717) is 11.4 Å². The molecule has 0 aliphatic carbocycles. The van der Waals surface area contributed by atoms with E-state index < -0.39 is 5.97 Å². The largest absolute Gasteiger partial charge is 0.478 e. The summed E-state index contributed by atoms with van der Waals surface area (Å²) >= 11 is 0. The fraction of sp³-hybridized carbons (Fsp3) is 0. The lowest BCUT2D eigenvalue weighted by Crippen LogP contribution is -2.17. The van der Waals surface area contributed by atoms with Crippen LogP contribution in [0.4, 0.5) is 11.4 Å². The monoisotopic (exact) mass is 316 g/mol. The van der Waals surface area contributed by atoms with Gasteiger partial charge in [-0.1, -0.05) is 54.6 Å². The first kappa shape index (κ1) is 15.5. The number of carboxylic acids is 1. The Labute approximate surface area is 140 Å². The van der Waals surface area contributed by atoms with Crippen molar-refractivity contribution < 1.29 is 9.90 Å². The van der Waals surface area contributed by atoms with Crippen molar-refractivity contribution >= 4 is 23.2 Å². The van der Waals surface area contributed by atoms with Gasteiger partial charge in [0.2, 0.25) is 0 Å². The molecule has 0 saturated carbocycles. The number of hydrogen-bond donors (Lipinski definition) is 2. The molecule has 0 radical (unpaired) electrons. The Kier molecular flexibility index (Phi) is 4.68. The van der Waals surface area contributed by atoms with Crippen molar-refractivity contribution in [2.75, 3.05) is 5.32 Å². The van der Waals surface area contributed by atoms with E-state index in [0.717, 1.165) is 11.4 Å². The molecule has 0 atom stereocenters. The average molecular weight is 316 g/mol. The molecule has 3 aromatic rings. The summed E-state index contributed by atoms with van der Waals surface area (Å²) in [7, 11) is 0. The predicted octanol–water partition coefficient (Wildman–Crippen LogP) is 4.58. The number of benzene rings is 3. The van der Waals surface area contributed by atoms with E-state index in [1.54, 1.807) is 24.3 Å². The second kappa shape index (κ2) is 7.24. The van der Waals surface area contributed by atoms with Crippen molar-refractivity contribution in [2.45, 2.75) is 0 Å². The third-order valence-corrected chi connectivity index (χ3v) is 3.45. The van der Waals surface area contributed by atoms with Gasteiger partial charge in [-0.15, -0.1) is 0 Å². The highest BCUT2D eigenvalue weighted by molar-refractivity contribution is 6.14. The quantitative estimate of drug-likeness (QED) is 0.547. The lowest BCUT2D eigenvalue weighted by Gasteiger charge is -2.13. The molecule has 0 heterocycles. The Morgan fingerprint density at radius 2 is 1.29 bits per heavy atom. The SMILES string of the molecule is O=C(O)c1ccccc1C(=Nc1ccccc1)Nc1ccccc1. The van der Waals surface area contributed by atoms with Crippen LogP contribution in [0.3, 0.4) is 0 Å². The molecule has 0 fully saturated rings. The summed E-state index contributed by atoms with van der Waals surface area (Å²) in [4.78, 5) is 16.2. The third kappa shape index (κ3) is 3.67. The minimum Gasteiger partial charge on any atom is -0.478 e. The van der Waals surface area contributed by atoms with Gasteiger partial charge < -0.3 is 10.4 Å². The first-order valence-corrected chi connectivity index (χ1v) is 7.52. The molecule has 0 amide bonds. The molecule has 0 aromatic heterocycles. The molecule has 0 aliphatic rings. The normalized spacial score (nSPS) is 11.1. The van der Waals surface area contributed by atoms with Crippen LogP contribution in [0.5, 0.6) is 0 Å². The summed E-state index contributed by atoms with van der Waals surface area (Å²) < 4.78 is 0. The summed E-state index contributed by atoms with van der Waals surface area (Å²) in [6.45, 7) is 0. The van der Waals surface area contributed by atoms with Gasteiger partial charge in [-0.05, 0) is 30.3 Å². The van der Waals surface area contributed by atoms with E-state index in [1.807, 2.05) is 60.7 Å². The Balaban J connectivity index is 2.09. The van der Waals surface area contributed by atoms with Crippen molar-refractivity contribution in [2.24, 2.45) is 4.99 Å². The lowest BCUT2D eigenvalue weighted by atomic mass is 10.1. The summed E-state index contributed by atoms with van der Waals surface area (Å²) in [5.41, 5.74) is 2.33. The van der Waals surface area contributed by atoms with Gasteiger partial charge in [-0.25, -0.2) is 9.79 Å². The maximum atomic E-state index is 11.5. The van der Waals surface area contributed by atoms with Crippen LogP contribution in [0, 0.1) is 0 Å². The number of aromatic carboxylic acids is 1. The zero-order valence-corrected chi connectivity index (χ0v) is 12.9. The van der Waals surface area contributed by atoms with Gasteiger partial charge in [0.1, 0.15) is 5.84 Å². The Morgan fingerprint density at radius 1 is 0.750 bits per heavy atom.